The summed E-state index contributed by atoms with van der Waals surface area (Å²) in [6.07, 6.45) is 0. The molecule has 0 aliphatic carbocycles. The molecule has 1 aromatic heterocycles. The number of nitrogens with one attached hydrogen (secondary N) is 2. The molecule has 1 unspecified atom stereocenters. The van der Waals surface area contributed by atoms with Gasteiger partial charge in [0.15, 0.2) is 0 Å². The molecule has 4 heteroatoms. The first-order chi connectivity index (χ1) is 7.70. The van der Waals surface area contributed by atoms with Gasteiger partial charge >= 0.3 is 0 Å². The Hall–Kier alpha value is -1.32. The van der Waals surface area contributed by atoms with Crippen LogP contribution < -0.4 is 10.9 Å². The van der Waals surface area contributed by atoms with Gasteiger partial charge in [0.1, 0.15) is 11.6 Å². The van der Waals surface area contributed by atoms with Crippen molar-refractivity contribution in [1.29, 1.82) is 0 Å². The highest BCUT2D eigenvalue weighted by atomic mass is 16.1. The average Bonchev–Trinajstić information content (AvgIpc) is 2.14. The van der Waals surface area contributed by atoms with Crippen molar-refractivity contribution in [3.05, 3.63) is 22.2 Å². The molecule has 1 rings (SSSR count). The van der Waals surface area contributed by atoms with Crippen LogP contribution in [0.4, 0.5) is 5.82 Å². The van der Waals surface area contributed by atoms with E-state index in [0.717, 1.165) is 5.82 Å². The van der Waals surface area contributed by atoms with E-state index < -0.39 is 0 Å². The van der Waals surface area contributed by atoms with Gasteiger partial charge in [-0.3, -0.25) is 4.79 Å². The van der Waals surface area contributed by atoms with Gasteiger partial charge in [-0.1, -0.05) is 34.6 Å². The summed E-state index contributed by atoms with van der Waals surface area (Å²) in [6, 6.07) is 1.76. The van der Waals surface area contributed by atoms with E-state index in [1.807, 2.05) is 13.8 Å². The summed E-state index contributed by atoms with van der Waals surface area (Å²) >= 11 is 0. The lowest BCUT2D eigenvalue weighted by atomic mass is 9.88. The molecule has 96 valence electrons. The predicted octanol–water partition coefficient (Wildman–Crippen LogP) is 2.74. The van der Waals surface area contributed by atoms with Crippen molar-refractivity contribution in [3.63, 3.8) is 0 Å². The summed E-state index contributed by atoms with van der Waals surface area (Å²) in [5.74, 6) is 1.59. The van der Waals surface area contributed by atoms with Crippen molar-refractivity contribution in [2.45, 2.75) is 53.5 Å². The van der Waals surface area contributed by atoms with Crippen LogP contribution in [0.1, 0.15) is 53.3 Å². The zero-order valence-corrected chi connectivity index (χ0v) is 11.6. The number of anilines is 1. The number of rotatable bonds is 3. The number of H-pyrrole nitrogens is 1. The molecular formula is C13H23N3O. The predicted molar refractivity (Wildman–Crippen MR) is 71.5 cm³/mol. The Bertz CT molecular complexity index is 429. The molecular weight excluding hydrogens is 214 g/mol. The smallest absolute Gasteiger partial charge is 0.252 e. The lowest BCUT2D eigenvalue weighted by molar-refractivity contribution is 0.358. The molecule has 0 aromatic carbocycles. The third-order valence-corrected chi connectivity index (χ3v) is 2.97. The summed E-state index contributed by atoms with van der Waals surface area (Å²) in [7, 11) is 0. The molecule has 1 atom stereocenters. The van der Waals surface area contributed by atoms with Crippen molar-refractivity contribution in [2.75, 3.05) is 5.32 Å². The Morgan fingerprint density at radius 2 is 1.88 bits per heavy atom. The second-order valence-electron chi connectivity index (χ2n) is 5.90. The van der Waals surface area contributed by atoms with Crippen molar-refractivity contribution in [2.24, 2.45) is 5.41 Å². The van der Waals surface area contributed by atoms with E-state index in [2.05, 4.69) is 43.0 Å². The summed E-state index contributed by atoms with van der Waals surface area (Å²) in [5.41, 5.74) is 0.0229. The SMILES string of the molecule is CC(C)c1nc(NC(C)C(C)(C)C)cc(=O)[nH]1. The third-order valence-electron chi connectivity index (χ3n) is 2.97. The van der Waals surface area contributed by atoms with Crippen LogP contribution >= 0.6 is 0 Å². The normalized spacial score (nSPS) is 13.8. The number of aromatic amines is 1. The maximum absolute atomic E-state index is 11.5. The Kier molecular flexibility index (Phi) is 3.96. The van der Waals surface area contributed by atoms with Crippen LogP contribution in [-0.4, -0.2) is 16.0 Å². The lowest BCUT2D eigenvalue weighted by Crippen LogP contribution is -2.32. The summed E-state index contributed by atoms with van der Waals surface area (Å²) in [6.45, 7) is 12.6. The minimum Gasteiger partial charge on any atom is -0.367 e. The number of hydrogen-bond acceptors (Lipinski definition) is 3. The Morgan fingerprint density at radius 1 is 1.29 bits per heavy atom. The van der Waals surface area contributed by atoms with Crippen LogP contribution in [0.25, 0.3) is 0 Å². The maximum atomic E-state index is 11.5. The highest BCUT2D eigenvalue weighted by Gasteiger charge is 2.20. The van der Waals surface area contributed by atoms with E-state index in [1.165, 1.54) is 6.07 Å². The number of hydrogen-bond donors (Lipinski definition) is 2. The first kappa shape index (κ1) is 13.7. The van der Waals surface area contributed by atoms with Gasteiger partial charge in [0.25, 0.3) is 5.56 Å². The summed E-state index contributed by atoms with van der Waals surface area (Å²) in [4.78, 5) is 18.7. The van der Waals surface area contributed by atoms with Crippen LogP contribution in [0.5, 0.6) is 0 Å². The Balaban J connectivity index is 2.96. The van der Waals surface area contributed by atoms with Crippen molar-refractivity contribution >= 4 is 5.82 Å². The molecule has 0 spiro atoms. The van der Waals surface area contributed by atoms with E-state index in [0.29, 0.717) is 5.82 Å². The standard InChI is InChI=1S/C13H23N3O/c1-8(2)12-15-10(7-11(17)16-12)14-9(3)13(4,5)6/h7-9H,1-6H3,(H2,14,15,16,17). The lowest BCUT2D eigenvalue weighted by Gasteiger charge is -2.28. The first-order valence-corrected chi connectivity index (χ1v) is 6.08. The highest BCUT2D eigenvalue weighted by molar-refractivity contribution is 5.35. The fourth-order valence-electron chi connectivity index (χ4n) is 1.26. The average molecular weight is 237 g/mol. The van der Waals surface area contributed by atoms with Gasteiger partial charge in [-0.15, -0.1) is 0 Å². The van der Waals surface area contributed by atoms with E-state index in [9.17, 15) is 4.79 Å². The minimum atomic E-state index is -0.104. The highest BCUT2D eigenvalue weighted by Crippen LogP contribution is 2.21. The van der Waals surface area contributed by atoms with E-state index >= 15 is 0 Å². The maximum Gasteiger partial charge on any atom is 0.252 e. The summed E-state index contributed by atoms with van der Waals surface area (Å²) < 4.78 is 0. The van der Waals surface area contributed by atoms with Gasteiger partial charge in [0.2, 0.25) is 0 Å². The van der Waals surface area contributed by atoms with Crippen molar-refractivity contribution < 1.29 is 0 Å². The van der Waals surface area contributed by atoms with E-state index in [-0.39, 0.29) is 22.9 Å². The molecule has 1 heterocycles. The van der Waals surface area contributed by atoms with Crippen LogP contribution in [0, 0.1) is 5.41 Å². The molecule has 0 aliphatic heterocycles. The molecule has 0 aliphatic rings. The molecule has 0 radical (unpaired) electrons. The summed E-state index contributed by atoms with van der Waals surface area (Å²) in [5, 5.41) is 3.29. The van der Waals surface area contributed by atoms with Crippen LogP contribution in [0.15, 0.2) is 10.9 Å². The largest absolute Gasteiger partial charge is 0.367 e. The van der Waals surface area contributed by atoms with Crippen LogP contribution in [0.2, 0.25) is 0 Å². The van der Waals surface area contributed by atoms with Gasteiger partial charge in [0, 0.05) is 18.0 Å². The topological polar surface area (TPSA) is 57.8 Å². The number of aromatic nitrogens is 2. The molecule has 1 aromatic rings. The van der Waals surface area contributed by atoms with Gasteiger partial charge in [-0.2, -0.15) is 0 Å². The molecule has 0 bridgehead atoms. The number of nitrogens with zero attached hydrogens (tertiary/aromatic N) is 1. The molecule has 17 heavy (non-hydrogen) atoms. The second kappa shape index (κ2) is 4.90. The molecule has 2 N–H and O–H groups in total. The fourth-order valence-corrected chi connectivity index (χ4v) is 1.26. The first-order valence-electron chi connectivity index (χ1n) is 6.08. The third kappa shape index (κ3) is 3.88. The Morgan fingerprint density at radius 3 is 2.35 bits per heavy atom. The zero-order valence-electron chi connectivity index (χ0n) is 11.6. The van der Waals surface area contributed by atoms with Gasteiger partial charge < -0.3 is 10.3 Å². The van der Waals surface area contributed by atoms with Crippen LogP contribution in [0.3, 0.4) is 0 Å². The van der Waals surface area contributed by atoms with Gasteiger partial charge in [-0.25, -0.2) is 4.98 Å². The Labute approximate surface area is 103 Å². The molecule has 0 fully saturated rings. The van der Waals surface area contributed by atoms with E-state index in [4.69, 9.17) is 0 Å². The quantitative estimate of drug-likeness (QED) is 0.849. The molecule has 4 nitrogen and oxygen atoms in total. The molecule has 0 amide bonds. The fraction of sp³-hybridized carbons (Fsp3) is 0.692. The molecule has 0 saturated carbocycles. The second-order valence-corrected chi connectivity index (χ2v) is 5.90. The molecule has 0 saturated heterocycles. The van der Waals surface area contributed by atoms with Crippen molar-refractivity contribution in [1.82, 2.24) is 9.97 Å². The van der Waals surface area contributed by atoms with Gasteiger partial charge in [-0.05, 0) is 12.3 Å². The van der Waals surface area contributed by atoms with Crippen LogP contribution in [-0.2, 0) is 0 Å². The van der Waals surface area contributed by atoms with E-state index in [1.54, 1.807) is 0 Å². The zero-order chi connectivity index (χ0) is 13.2. The van der Waals surface area contributed by atoms with Gasteiger partial charge in [0.05, 0.1) is 0 Å². The van der Waals surface area contributed by atoms with Crippen molar-refractivity contribution in [3.8, 4) is 0 Å². The monoisotopic (exact) mass is 237 g/mol. The minimum absolute atomic E-state index is 0.104.